The molecule has 0 aliphatic rings. The van der Waals surface area contributed by atoms with Crippen molar-refractivity contribution in [1.29, 1.82) is 0 Å². The van der Waals surface area contributed by atoms with E-state index in [0.717, 1.165) is 5.69 Å². The summed E-state index contributed by atoms with van der Waals surface area (Å²) in [6, 6.07) is 1.58. The summed E-state index contributed by atoms with van der Waals surface area (Å²) < 4.78 is 4.53. The summed E-state index contributed by atoms with van der Waals surface area (Å²) in [6.07, 6.45) is 0. The molecule has 0 aromatic carbocycles. The fourth-order valence-corrected chi connectivity index (χ4v) is 0.889. The molecule has 0 bridgehead atoms. The molecule has 5 heteroatoms. The van der Waals surface area contributed by atoms with E-state index < -0.39 is 5.97 Å². The summed E-state index contributed by atoms with van der Waals surface area (Å²) in [5.74, 6) is -0.0394. The van der Waals surface area contributed by atoms with Crippen LogP contribution in [0, 0.1) is 6.92 Å². The Hall–Kier alpha value is -1.65. The summed E-state index contributed by atoms with van der Waals surface area (Å²) in [5.41, 5.74) is 0.985. The molecule has 1 N–H and O–H groups in total. The van der Waals surface area contributed by atoms with Gasteiger partial charge in [-0.1, -0.05) is 0 Å². The van der Waals surface area contributed by atoms with Crippen molar-refractivity contribution in [2.24, 2.45) is 0 Å². The number of nitrogens with zero attached hydrogens (tertiary/aromatic N) is 2. The van der Waals surface area contributed by atoms with Crippen LogP contribution in [0.15, 0.2) is 6.07 Å². The Morgan fingerprint density at radius 2 is 2.23 bits per heavy atom. The number of aromatic nitrogens is 2. The third-order valence-electron chi connectivity index (χ3n) is 1.47. The van der Waals surface area contributed by atoms with Crippen molar-refractivity contribution in [3.63, 3.8) is 0 Å². The molecule has 0 saturated heterocycles. The Morgan fingerprint density at radius 3 is 2.77 bits per heavy atom. The molecule has 1 aromatic rings. The van der Waals surface area contributed by atoms with E-state index in [2.05, 4.69) is 20.0 Å². The standard InChI is InChI=1S/C8H11N3O2/c1-5-4-6(7(12)13-3)11-8(9-2)10-5/h4H,1-3H3,(H,9,10,11). The number of nitrogens with one attached hydrogen (secondary N) is 1. The topological polar surface area (TPSA) is 64.1 Å². The number of esters is 1. The van der Waals surface area contributed by atoms with Crippen molar-refractivity contribution in [2.45, 2.75) is 6.92 Å². The highest BCUT2D eigenvalue weighted by Crippen LogP contribution is 2.04. The van der Waals surface area contributed by atoms with Crippen molar-refractivity contribution >= 4 is 11.9 Å². The first-order valence-corrected chi connectivity index (χ1v) is 3.79. The van der Waals surface area contributed by atoms with Gasteiger partial charge in [0.2, 0.25) is 5.95 Å². The molecule has 1 rings (SSSR count). The van der Waals surface area contributed by atoms with E-state index in [-0.39, 0.29) is 5.69 Å². The Kier molecular flexibility index (Phi) is 2.79. The molecule has 1 aromatic heterocycles. The fraction of sp³-hybridized carbons (Fsp3) is 0.375. The van der Waals surface area contributed by atoms with Crippen LogP contribution in [-0.4, -0.2) is 30.1 Å². The van der Waals surface area contributed by atoms with Gasteiger partial charge in [0, 0.05) is 12.7 Å². The molecule has 70 valence electrons. The molecule has 0 fully saturated rings. The molecule has 0 amide bonds. The second-order valence-corrected chi connectivity index (χ2v) is 2.46. The van der Waals surface area contributed by atoms with Gasteiger partial charge < -0.3 is 10.1 Å². The Balaban J connectivity index is 3.08. The van der Waals surface area contributed by atoms with E-state index in [4.69, 9.17) is 0 Å². The number of carbonyl (C=O) groups excluding carboxylic acids is 1. The monoisotopic (exact) mass is 181 g/mol. The van der Waals surface area contributed by atoms with Crippen molar-refractivity contribution in [1.82, 2.24) is 9.97 Å². The molecule has 0 atom stereocenters. The predicted octanol–water partition coefficient (Wildman–Crippen LogP) is 0.613. The minimum absolute atomic E-state index is 0.263. The molecule has 0 spiro atoms. The van der Waals surface area contributed by atoms with Gasteiger partial charge in [-0.15, -0.1) is 0 Å². The van der Waals surface area contributed by atoms with Crippen molar-refractivity contribution in [3.05, 3.63) is 17.5 Å². The van der Waals surface area contributed by atoms with Crippen LogP contribution in [0.2, 0.25) is 0 Å². The summed E-state index contributed by atoms with van der Waals surface area (Å²) in [5, 5.41) is 2.76. The lowest BCUT2D eigenvalue weighted by Gasteiger charge is -2.02. The van der Waals surface area contributed by atoms with Gasteiger partial charge >= 0.3 is 5.97 Å². The lowest BCUT2D eigenvalue weighted by Crippen LogP contribution is -2.08. The van der Waals surface area contributed by atoms with E-state index in [9.17, 15) is 4.79 Å². The highest BCUT2D eigenvalue weighted by molar-refractivity contribution is 5.87. The number of rotatable bonds is 2. The lowest BCUT2D eigenvalue weighted by molar-refractivity contribution is 0.0594. The number of carbonyl (C=O) groups is 1. The van der Waals surface area contributed by atoms with E-state index in [1.165, 1.54) is 7.11 Å². The van der Waals surface area contributed by atoms with Crippen LogP contribution in [-0.2, 0) is 4.74 Å². The zero-order chi connectivity index (χ0) is 9.84. The number of aryl methyl sites for hydroxylation is 1. The minimum atomic E-state index is -0.456. The zero-order valence-electron chi connectivity index (χ0n) is 7.79. The smallest absolute Gasteiger partial charge is 0.356 e. The Morgan fingerprint density at radius 1 is 1.54 bits per heavy atom. The second kappa shape index (κ2) is 3.84. The minimum Gasteiger partial charge on any atom is -0.464 e. The third-order valence-corrected chi connectivity index (χ3v) is 1.47. The van der Waals surface area contributed by atoms with E-state index in [0.29, 0.717) is 5.95 Å². The van der Waals surface area contributed by atoms with Crippen LogP contribution >= 0.6 is 0 Å². The molecule has 13 heavy (non-hydrogen) atoms. The molecule has 0 aliphatic heterocycles. The zero-order valence-corrected chi connectivity index (χ0v) is 7.79. The van der Waals surface area contributed by atoms with Crippen LogP contribution in [0.1, 0.15) is 16.2 Å². The molecule has 0 aliphatic carbocycles. The second-order valence-electron chi connectivity index (χ2n) is 2.46. The highest BCUT2D eigenvalue weighted by Gasteiger charge is 2.09. The molecule has 0 saturated carbocycles. The van der Waals surface area contributed by atoms with Gasteiger partial charge in [-0.2, -0.15) is 0 Å². The third kappa shape index (κ3) is 2.14. The maximum atomic E-state index is 11.1. The predicted molar refractivity (Wildman–Crippen MR) is 47.7 cm³/mol. The van der Waals surface area contributed by atoms with Crippen LogP contribution in [0.3, 0.4) is 0 Å². The normalized spacial score (nSPS) is 9.46. The van der Waals surface area contributed by atoms with Crippen molar-refractivity contribution in [3.8, 4) is 0 Å². The maximum Gasteiger partial charge on any atom is 0.356 e. The SMILES string of the molecule is CNc1nc(C)cc(C(=O)OC)n1. The number of hydrogen-bond donors (Lipinski definition) is 1. The molecule has 0 radical (unpaired) electrons. The van der Waals surface area contributed by atoms with Gasteiger partial charge in [-0.3, -0.25) is 0 Å². The number of ether oxygens (including phenoxy) is 1. The molecule has 0 unspecified atom stereocenters. The summed E-state index contributed by atoms with van der Waals surface area (Å²) >= 11 is 0. The number of methoxy groups -OCH3 is 1. The van der Waals surface area contributed by atoms with Crippen LogP contribution in [0.25, 0.3) is 0 Å². The van der Waals surface area contributed by atoms with E-state index in [1.807, 2.05) is 0 Å². The number of anilines is 1. The van der Waals surface area contributed by atoms with Gasteiger partial charge in [0.05, 0.1) is 7.11 Å². The van der Waals surface area contributed by atoms with Gasteiger partial charge in [0.25, 0.3) is 0 Å². The largest absolute Gasteiger partial charge is 0.464 e. The first kappa shape index (κ1) is 9.44. The molecular weight excluding hydrogens is 170 g/mol. The molecule has 1 heterocycles. The van der Waals surface area contributed by atoms with Gasteiger partial charge in [0.15, 0.2) is 5.69 Å². The average Bonchev–Trinajstić information content (AvgIpc) is 2.15. The first-order valence-electron chi connectivity index (χ1n) is 3.79. The summed E-state index contributed by atoms with van der Waals surface area (Å²) in [7, 11) is 3.01. The number of hydrogen-bond acceptors (Lipinski definition) is 5. The van der Waals surface area contributed by atoms with Gasteiger partial charge in [0.1, 0.15) is 0 Å². The van der Waals surface area contributed by atoms with Gasteiger partial charge in [-0.25, -0.2) is 14.8 Å². The first-order chi connectivity index (χ1) is 6.17. The highest BCUT2D eigenvalue weighted by atomic mass is 16.5. The van der Waals surface area contributed by atoms with Crippen LogP contribution in [0.4, 0.5) is 5.95 Å². The average molecular weight is 181 g/mol. The van der Waals surface area contributed by atoms with Crippen LogP contribution in [0.5, 0.6) is 0 Å². The summed E-state index contributed by atoms with van der Waals surface area (Å²) in [4.78, 5) is 19.1. The Labute approximate surface area is 76.2 Å². The van der Waals surface area contributed by atoms with Crippen molar-refractivity contribution < 1.29 is 9.53 Å². The quantitative estimate of drug-likeness (QED) is 0.677. The maximum absolute atomic E-state index is 11.1. The van der Waals surface area contributed by atoms with E-state index >= 15 is 0 Å². The van der Waals surface area contributed by atoms with Gasteiger partial charge in [-0.05, 0) is 13.0 Å². The lowest BCUT2D eigenvalue weighted by atomic mass is 10.3. The van der Waals surface area contributed by atoms with Crippen molar-refractivity contribution in [2.75, 3.05) is 19.5 Å². The molecule has 5 nitrogen and oxygen atoms in total. The van der Waals surface area contributed by atoms with E-state index in [1.54, 1.807) is 20.0 Å². The summed E-state index contributed by atoms with van der Waals surface area (Å²) in [6.45, 7) is 1.79. The fourth-order valence-electron chi connectivity index (χ4n) is 0.889. The molecular formula is C8H11N3O2. The Bertz CT molecular complexity index is 325. The van der Waals surface area contributed by atoms with Crippen LogP contribution < -0.4 is 5.32 Å².